The number of aromatic nitrogens is 2. The summed E-state index contributed by atoms with van der Waals surface area (Å²) >= 11 is 0. The molecule has 0 aliphatic rings. The Morgan fingerprint density at radius 2 is 1.76 bits per heavy atom. The van der Waals surface area contributed by atoms with Crippen molar-refractivity contribution in [3.63, 3.8) is 0 Å². The maximum atomic E-state index is 14.0. The molecule has 0 unspecified atom stereocenters. The highest BCUT2D eigenvalue weighted by Gasteiger charge is 2.17. The number of rotatable bonds is 6. The number of esters is 1. The third-order valence-electron chi connectivity index (χ3n) is 5.50. The Bertz CT molecular complexity index is 1480. The zero-order chi connectivity index (χ0) is 23.5. The average molecular weight is 452 g/mol. The topological polar surface area (TPSA) is 55.6 Å². The molecule has 0 aliphatic heterocycles. The number of ether oxygens (including phenoxy) is 1. The molecule has 5 rings (SSSR count). The first-order valence-corrected chi connectivity index (χ1v) is 10.9. The molecule has 0 spiro atoms. The van der Waals surface area contributed by atoms with Gasteiger partial charge in [-0.25, -0.2) is 14.2 Å². The Balaban J connectivity index is 1.50. The first kappa shape index (κ1) is 21.4. The lowest BCUT2D eigenvalue weighted by molar-refractivity contribution is 0.0730. The highest BCUT2D eigenvalue weighted by atomic mass is 19.1. The van der Waals surface area contributed by atoms with Gasteiger partial charge in [0.15, 0.2) is 0 Å². The van der Waals surface area contributed by atoms with E-state index in [9.17, 15) is 9.18 Å². The van der Waals surface area contributed by atoms with Crippen LogP contribution in [0.1, 0.15) is 21.5 Å². The summed E-state index contributed by atoms with van der Waals surface area (Å²) in [6.45, 7) is 2.64. The minimum atomic E-state index is -0.747. The molecule has 0 aliphatic carbocycles. The minimum Gasteiger partial charge on any atom is -0.423 e. The van der Waals surface area contributed by atoms with Crippen molar-refractivity contribution in [3.05, 3.63) is 120 Å². The number of carbonyl (C=O) groups is 1. The van der Waals surface area contributed by atoms with Gasteiger partial charge in [-0.15, -0.1) is 0 Å². The molecule has 5 aromatic rings. The van der Waals surface area contributed by atoms with Crippen molar-refractivity contribution in [1.29, 1.82) is 0 Å². The van der Waals surface area contributed by atoms with Crippen molar-refractivity contribution in [1.82, 2.24) is 9.38 Å². The summed E-state index contributed by atoms with van der Waals surface area (Å²) in [6, 6.07) is 27.0. The van der Waals surface area contributed by atoms with E-state index in [0.29, 0.717) is 12.3 Å². The third kappa shape index (κ3) is 4.38. The predicted molar refractivity (Wildman–Crippen MR) is 130 cm³/mol. The van der Waals surface area contributed by atoms with E-state index in [1.54, 1.807) is 24.3 Å². The molecule has 168 valence electrons. The van der Waals surface area contributed by atoms with E-state index < -0.39 is 11.8 Å². The Hall–Kier alpha value is -4.45. The van der Waals surface area contributed by atoms with E-state index in [0.717, 1.165) is 33.8 Å². The number of hydrogen-bond donors (Lipinski definition) is 1. The Labute approximate surface area is 196 Å². The molecule has 0 saturated carbocycles. The van der Waals surface area contributed by atoms with Crippen LogP contribution in [0.5, 0.6) is 5.75 Å². The van der Waals surface area contributed by atoms with Gasteiger partial charge in [0.2, 0.25) is 0 Å². The fraction of sp³-hybridized carbons (Fsp3) is 0.0714. The molecule has 0 fully saturated rings. The summed E-state index contributed by atoms with van der Waals surface area (Å²) < 4.78 is 21.5. The van der Waals surface area contributed by atoms with Gasteiger partial charge in [0.1, 0.15) is 28.7 Å². The van der Waals surface area contributed by atoms with Gasteiger partial charge in [-0.05, 0) is 54.4 Å². The van der Waals surface area contributed by atoms with Gasteiger partial charge in [0.25, 0.3) is 0 Å². The zero-order valence-electron chi connectivity index (χ0n) is 18.5. The number of benzene rings is 3. The van der Waals surface area contributed by atoms with Crippen molar-refractivity contribution in [3.8, 4) is 17.0 Å². The van der Waals surface area contributed by atoms with Crippen LogP contribution in [0.3, 0.4) is 0 Å². The molecule has 2 heterocycles. The van der Waals surface area contributed by atoms with Gasteiger partial charge in [-0.1, -0.05) is 54.6 Å². The monoisotopic (exact) mass is 451 g/mol. The largest absolute Gasteiger partial charge is 0.423 e. The van der Waals surface area contributed by atoms with E-state index in [1.165, 1.54) is 18.2 Å². The molecule has 1 N–H and O–H groups in total. The number of nitrogens with one attached hydrogen (secondary N) is 1. The van der Waals surface area contributed by atoms with Gasteiger partial charge in [-0.2, -0.15) is 0 Å². The van der Waals surface area contributed by atoms with E-state index in [4.69, 9.17) is 9.72 Å². The van der Waals surface area contributed by atoms with Crippen LogP contribution in [0, 0.1) is 12.7 Å². The van der Waals surface area contributed by atoms with Crippen molar-refractivity contribution in [2.24, 2.45) is 0 Å². The van der Waals surface area contributed by atoms with Crippen LogP contribution in [-0.2, 0) is 6.54 Å². The van der Waals surface area contributed by atoms with Crippen LogP contribution in [0.2, 0.25) is 0 Å². The van der Waals surface area contributed by atoms with Crippen LogP contribution < -0.4 is 10.1 Å². The van der Waals surface area contributed by atoms with Gasteiger partial charge < -0.3 is 10.1 Å². The summed E-state index contributed by atoms with van der Waals surface area (Å²) in [4.78, 5) is 17.3. The molecule has 34 heavy (non-hydrogen) atoms. The van der Waals surface area contributed by atoms with Crippen molar-refractivity contribution < 1.29 is 13.9 Å². The standard InChI is InChI=1S/C28H22FN3O2/c1-19-14-15-32-25(16-19)31-26(27(32)30-18-20-8-3-2-4-9-20)21-10-7-11-22(17-21)34-28(33)23-12-5-6-13-24(23)29/h2-17,30H,18H2,1H3. The van der Waals surface area contributed by atoms with Gasteiger partial charge in [0, 0.05) is 18.3 Å². The minimum absolute atomic E-state index is 0.110. The number of carbonyl (C=O) groups excluding carboxylic acids is 1. The summed E-state index contributed by atoms with van der Waals surface area (Å²) in [5.41, 5.74) is 4.44. The number of fused-ring (bicyclic) bond motifs is 1. The molecule has 0 amide bonds. The number of halogens is 1. The Morgan fingerprint density at radius 1 is 0.971 bits per heavy atom. The summed E-state index contributed by atoms with van der Waals surface area (Å²) in [5, 5.41) is 3.51. The second-order valence-corrected chi connectivity index (χ2v) is 7.98. The lowest BCUT2D eigenvalue weighted by Gasteiger charge is -2.10. The van der Waals surface area contributed by atoms with Crippen LogP contribution in [0.15, 0.2) is 97.2 Å². The number of aryl methyl sites for hydroxylation is 1. The normalized spacial score (nSPS) is 10.9. The summed E-state index contributed by atoms with van der Waals surface area (Å²) in [6.07, 6.45) is 1.98. The van der Waals surface area contributed by atoms with Crippen LogP contribution in [0.4, 0.5) is 10.2 Å². The number of nitrogens with zero attached hydrogens (tertiary/aromatic N) is 2. The lowest BCUT2D eigenvalue weighted by Crippen LogP contribution is -2.10. The Morgan fingerprint density at radius 3 is 2.59 bits per heavy atom. The molecule has 6 heteroatoms. The predicted octanol–water partition coefficient (Wildman–Crippen LogP) is 6.28. The second-order valence-electron chi connectivity index (χ2n) is 7.98. The maximum Gasteiger partial charge on any atom is 0.346 e. The van der Waals surface area contributed by atoms with Crippen LogP contribution in [-0.4, -0.2) is 15.4 Å². The smallest absolute Gasteiger partial charge is 0.346 e. The van der Waals surface area contributed by atoms with Crippen LogP contribution in [0.25, 0.3) is 16.9 Å². The quantitative estimate of drug-likeness (QED) is 0.244. The van der Waals surface area contributed by atoms with Crippen molar-refractivity contribution in [2.45, 2.75) is 13.5 Å². The highest BCUT2D eigenvalue weighted by molar-refractivity contribution is 5.91. The lowest BCUT2D eigenvalue weighted by atomic mass is 10.1. The summed E-state index contributed by atoms with van der Waals surface area (Å²) in [7, 11) is 0. The fourth-order valence-electron chi connectivity index (χ4n) is 3.79. The second kappa shape index (κ2) is 9.19. The van der Waals surface area contributed by atoms with E-state index in [-0.39, 0.29) is 5.56 Å². The van der Waals surface area contributed by atoms with Crippen molar-refractivity contribution in [2.75, 3.05) is 5.32 Å². The first-order chi connectivity index (χ1) is 16.6. The molecular weight excluding hydrogens is 429 g/mol. The molecule has 5 nitrogen and oxygen atoms in total. The van der Waals surface area contributed by atoms with Crippen LogP contribution >= 0.6 is 0 Å². The van der Waals surface area contributed by atoms with Gasteiger partial charge >= 0.3 is 5.97 Å². The Kier molecular flexibility index (Phi) is 5.79. The van der Waals surface area contributed by atoms with E-state index >= 15 is 0 Å². The third-order valence-corrected chi connectivity index (χ3v) is 5.50. The van der Waals surface area contributed by atoms with E-state index in [1.807, 2.05) is 53.9 Å². The maximum absolute atomic E-state index is 14.0. The molecule has 0 radical (unpaired) electrons. The molecule has 2 aromatic heterocycles. The van der Waals surface area contributed by atoms with Gasteiger partial charge in [-0.3, -0.25) is 4.40 Å². The number of anilines is 1. The molecule has 0 saturated heterocycles. The molecule has 0 bridgehead atoms. The first-order valence-electron chi connectivity index (χ1n) is 10.9. The number of imidazole rings is 1. The SMILES string of the molecule is Cc1ccn2c(NCc3ccccc3)c(-c3cccc(OC(=O)c4ccccc4F)c3)nc2c1. The molecule has 3 aromatic carbocycles. The van der Waals surface area contributed by atoms with Gasteiger partial charge in [0.05, 0.1) is 5.56 Å². The zero-order valence-corrected chi connectivity index (χ0v) is 18.5. The fourth-order valence-corrected chi connectivity index (χ4v) is 3.79. The molecule has 0 atom stereocenters. The van der Waals surface area contributed by atoms with Crippen molar-refractivity contribution >= 4 is 17.4 Å². The van der Waals surface area contributed by atoms with E-state index in [2.05, 4.69) is 17.4 Å². The molecular formula is C28H22FN3O2. The highest BCUT2D eigenvalue weighted by Crippen LogP contribution is 2.32. The number of pyridine rings is 1. The average Bonchev–Trinajstić information content (AvgIpc) is 3.21. The summed E-state index contributed by atoms with van der Waals surface area (Å²) in [5.74, 6) is -0.223. The number of hydrogen-bond acceptors (Lipinski definition) is 4.